The maximum absolute atomic E-state index is 2.41. The van der Waals surface area contributed by atoms with Crippen molar-refractivity contribution in [2.24, 2.45) is 94.7 Å². The summed E-state index contributed by atoms with van der Waals surface area (Å²) in [7, 11) is 0. The zero-order valence-electron chi connectivity index (χ0n) is 115. The van der Waals surface area contributed by atoms with Gasteiger partial charge in [-0.15, -0.1) is 37.1 Å². The average molecular weight is 2650 g/mol. The third-order valence-corrected chi connectivity index (χ3v) is 13.0. The van der Waals surface area contributed by atoms with Gasteiger partial charge >= 0.3 is 0 Å². The van der Waals surface area contributed by atoms with Crippen LogP contribution in [0.1, 0.15) is 674 Å². The molecule has 144 heavy (non-hydrogen) atoms. The first-order valence-electron chi connectivity index (χ1n) is 60.3. The molecule has 8 radical (unpaired) electrons. The number of hydrogen-bond donors (Lipinski definition) is 0. The van der Waals surface area contributed by atoms with E-state index in [2.05, 4.69) is 570 Å². The van der Waals surface area contributed by atoms with Crippen molar-refractivity contribution < 1.29 is 262 Å². The molecule has 0 aliphatic heterocycles. The normalized spacial score (nSPS) is 9.11. The zero-order chi connectivity index (χ0) is 113. The standard InChI is InChI=1S/2C12H24.2C12H22.2C11H22.2C9H18.16C3H8.8Y/c4*1-11(2)9-7-5-6-8-10-12(3)4;2*1-10(2)8-6-5-7-9-11(3)4;2*1-8(2)6-5-7-9(3)4;16*1-3-2;;;;;;;;/h2*9-12H,5-8H2,1-4H3;2*5-6,9-12H,7-8H2,1-4H3;2*8-11H,5-7H2,1-4H3;2*6-9H,5H2,1-4H3;16*3H2,1-2H3;;;;;;;;/q8*-2;;;;;;;;;;;;;;;;;;;;;;;;. The molecule has 0 spiro atoms. The molecule has 0 aromatic rings. The van der Waals surface area contributed by atoms with E-state index in [-0.39, 0.29) is 262 Å². The van der Waals surface area contributed by atoms with Crippen molar-refractivity contribution in [3.05, 3.63) is 127 Å². The summed E-state index contributed by atoms with van der Waals surface area (Å²) >= 11 is 0. The van der Waals surface area contributed by atoms with Crippen molar-refractivity contribution in [1.82, 2.24) is 0 Å². The summed E-state index contributed by atoms with van der Waals surface area (Å²) in [6.07, 6.45) is 92.1. The van der Waals surface area contributed by atoms with Gasteiger partial charge in [-0.05, 0) is 0 Å². The molecule has 0 aromatic carbocycles. The maximum atomic E-state index is 2.41. The SMILES string of the molecule is CC(C)[CH-]CC=CC[CH-]C(C)C.CC(C)[CH-]CC=CC[CH-]C(C)C.CC(C)[CH-]CCCC[CH-]C(C)C.CC(C)[CH-]CCCC[CH-]C(C)C.CC(C)[CH-]CCC[CH-]C(C)C.CC(C)[CH-]CCC[CH-]C(C)C.CC(C)[CH-]C[CH-]C(C)C.CC(C)[CH-]C[CH-]C(C)C.CCC.CCC.CCC.CCC.CCC.CCC.CCC.CCC.CCC.CCC.CCC.CCC.CCC.CCC.CCC.CCC.[Y].[Y].[Y].[Y].[Y].[Y].[Y].[Y]. The molecule has 0 fully saturated rings. The Hall–Kier alpha value is 8.31. The van der Waals surface area contributed by atoms with Gasteiger partial charge in [-0.3, -0.25) is 0 Å². The van der Waals surface area contributed by atoms with Gasteiger partial charge in [0.15, 0.2) is 0 Å². The van der Waals surface area contributed by atoms with E-state index in [9.17, 15) is 0 Å². The topological polar surface area (TPSA) is 0 Å². The van der Waals surface area contributed by atoms with Gasteiger partial charge in [0.25, 0.3) is 0 Å². The molecule has 0 heterocycles. The minimum atomic E-state index is 0. The molecular formula is C136H300Y8-16. The molecule has 0 unspecified atom stereocenters. The van der Waals surface area contributed by atoms with Gasteiger partial charge in [0.1, 0.15) is 0 Å². The quantitative estimate of drug-likeness (QED) is 0.0324. The molecule has 0 saturated heterocycles. The van der Waals surface area contributed by atoms with Crippen LogP contribution >= 0.6 is 0 Å². The van der Waals surface area contributed by atoms with E-state index in [1.54, 1.807) is 0 Å². The van der Waals surface area contributed by atoms with E-state index in [1.807, 2.05) is 0 Å². The Morgan fingerprint density at radius 3 is 0.250 bits per heavy atom. The van der Waals surface area contributed by atoms with Crippen LogP contribution in [-0.4, -0.2) is 0 Å². The molecule has 0 bridgehead atoms. The van der Waals surface area contributed by atoms with Crippen molar-refractivity contribution in [2.45, 2.75) is 674 Å². The summed E-state index contributed by atoms with van der Waals surface area (Å²) in [5.41, 5.74) is 0. The molecule has 0 atom stereocenters. The van der Waals surface area contributed by atoms with E-state index in [0.717, 1.165) is 110 Å². The predicted molar refractivity (Wildman–Crippen MR) is 672 cm³/mol. The Kier molecular flexibility index (Phi) is 453. The zero-order valence-corrected chi connectivity index (χ0v) is 138. The first-order valence-corrected chi connectivity index (χ1v) is 60.3. The van der Waals surface area contributed by atoms with Crippen LogP contribution in [0.25, 0.3) is 0 Å². The van der Waals surface area contributed by atoms with Gasteiger partial charge in [0.05, 0.1) is 0 Å². The Morgan fingerprint density at radius 1 is 0.111 bits per heavy atom. The van der Waals surface area contributed by atoms with E-state index in [4.69, 9.17) is 0 Å². The maximum Gasteiger partial charge on any atom is 0 e. The summed E-state index contributed by atoms with van der Waals surface area (Å²) in [4.78, 5) is 0. The fourth-order valence-corrected chi connectivity index (χ4v) is 7.46. The Morgan fingerprint density at radius 2 is 0.181 bits per heavy atom. The minimum Gasteiger partial charge on any atom is -0.355 e. The van der Waals surface area contributed by atoms with Crippen molar-refractivity contribution >= 4 is 0 Å². The molecule has 0 rings (SSSR count). The van der Waals surface area contributed by atoms with Gasteiger partial charge < -0.3 is 116 Å². The number of hydrogen-bond acceptors (Lipinski definition) is 0. The van der Waals surface area contributed by atoms with Crippen LogP contribution in [0, 0.1) is 197 Å². The van der Waals surface area contributed by atoms with Crippen molar-refractivity contribution in [1.29, 1.82) is 0 Å². The molecule has 0 amide bonds. The number of allylic oxidation sites excluding steroid dienone is 4. The third-order valence-electron chi connectivity index (χ3n) is 13.0. The van der Waals surface area contributed by atoms with Gasteiger partial charge in [0.2, 0.25) is 0 Å². The van der Waals surface area contributed by atoms with Crippen LogP contribution in [0.3, 0.4) is 0 Å². The van der Waals surface area contributed by atoms with Crippen molar-refractivity contribution in [2.75, 3.05) is 0 Å². The average Bonchev–Trinajstić information content (AvgIpc) is 1.13. The first-order chi connectivity index (χ1) is 63.6. The first kappa shape index (κ1) is 241. The van der Waals surface area contributed by atoms with E-state index in [0.29, 0.717) is 23.7 Å². The molecule has 0 saturated carbocycles. The van der Waals surface area contributed by atoms with Crippen LogP contribution in [0.2, 0.25) is 0 Å². The van der Waals surface area contributed by atoms with Crippen LogP contribution in [0.5, 0.6) is 0 Å². The molecule has 0 aromatic heterocycles. The Bertz CT molecular complexity index is 1250. The third kappa shape index (κ3) is 641. The summed E-state index contributed by atoms with van der Waals surface area (Å²) in [5.74, 6) is 11.9. The molecule has 8 heteroatoms. The molecule has 884 valence electrons. The van der Waals surface area contributed by atoms with Gasteiger partial charge in [-0.1, -0.05) is 572 Å². The second-order valence-corrected chi connectivity index (χ2v) is 41.8. The second-order valence-electron chi connectivity index (χ2n) is 41.8. The second kappa shape index (κ2) is 271. The smallest absolute Gasteiger partial charge is 0 e. The monoisotopic (exact) mass is 2650 g/mol. The number of rotatable bonds is 46. The van der Waals surface area contributed by atoms with Gasteiger partial charge in [-0.2, -0.15) is 172 Å². The summed E-state index contributed by atoms with van der Waals surface area (Å²) in [5, 5.41) is 0. The molecular weight excluding hydrogens is 2340 g/mol. The summed E-state index contributed by atoms with van der Waals surface area (Å²) in [6, 6.07) is 0. The van der Waals surface area contributed by atoms with Crippen LogP contribution in [-0.2, 0) is 262 Å². The largest absolute Gasteiger partial charge is 0.355 e. The van der Waals surface area contributed by atoms with Crippen LogP contribution in [0.15, 0.2) is 24.3 Å². The fourth-order valence-electron chi connectivity index (χ4n) is 7.46. The van der Waals surface area contributed by atoms with Crippen LogP contribution < -0.4 is 0 Å². The predicted octanol–water partition coefficient (Wildman–Crippen LogP) is 53.2. The number of unbranched alkanes of at least 4 members (excludes halogenated alkanes) is 10. The molecule has 0 aliphatic rings. The molecule has 0 N–H and O–H groups in total. The fraction of sp³-hybridized carbons (Fsp3) is 0.853. The van der Waals surface area contributed by atoms with E-state index in [1.165, 1.54) is 193 Å². The molecule has 0 nitrogen and oxygen atoms in total. The van der Waals surface area contributed by atoms with E-state index < -0.39 is 0 Å². The van der Waals surface area contributed by atoms with E-state index >= 15 is 0 Å². The van der Waals surface area contributed by atoms with Crippen LogP contribution in [0.4, 0.5) is 0 Å². The van der Waals surface area contributed by atoms with Crippen molar-refractivity contribution in [3.8, 4) is 0 Å². The Labute approximate surface area is 1140 Å². The van der Waals surface area contributed by atoms with Crippen molar-refractivity contribution in [3.63, 3.8) is 0 Å². The molecule has 0 aliphatic carbocycles. The van der Waals surface area contributed by atoms with Gasteiger partial charge in [-0.25, -0.2) is 0 Å². The van der Waals surface area contributed by atoms with Gasteiger partial charge in [0, 0.05) is 262 Å². The minimum absolute atomic E-state index is 0. The summed E-state index contributed by atoms with van der Waals surface area (Å²) in [6.45, 7) is 139. The Balaban J connectivity index is -0.0000000310. The summed E-state index contributed by atoms with van der Waals surface area (Å²) < 4.78 is 0.